The average molecular weight is 569 g/mol. The molecule has 3 aliphatic rings. The highest BCUT2D eigenvalue weighted by Gasteiger charge is 2.59. The van der Waals surface area contributed by atoms with Gasteiger partial charge in [-0.3, -0.25) is 4.79 Å². The number of fused-ring (bicyclic) bond motifs is 1. The molecule has 12 nitrogen and oxygen atoms in total. The number of nitrogens with one attached hydrogen (secondary N) is 2. The minimum Gasteiger partial charge on any atom is -0.342 e. The Hall–Kier alpha value is -3.92. The third-order valence-corrected chi connectivity index (χ3v) is 7.94. The van der Waals surface area contributed by atoms with Gasteiger partial charge in [0.2, 0.25) is 5.92 Å². The lowest BCUT2D eigenvalue weighted by atomic mass is 9.81. The van der Waals surface area contributed by atoms with Crippen molar-refractivity contribution >= 4 is 17.7 Å². The standard InChI is InChI=1S/C23H24F5N9O3/c1-11-16(35-40-34-11)18(38)33-17(12-2-4-22(24,25)5-3-12)13-9-37-19(30-13)31-14(8-29-37)21(6-7-21)36-10-15(23(26,27)28)32-20(36)39/h8-9,12,15,17H,2-7,10H2,1H3,(H,32,39)(H,33,38)/t15-,17-/m0/s1. The summed E-state index contributed by atoms with van der Waals surface area (Å²) in [6.07, 6.45) is -1.32. The van der Waals surface area contributed by atoms with Crippen LogP contribution in [0.5, 0.6) is 0 Å². The summed E-state index contributed by atoms with van der Waals surface area (Å²) in [6.45, 7) is 0.985. The molecule has 40 heavy (non-hydrogen) atoms. The SMILES string of the molecule is Cc1nonc1C(=O)N[C@H](c1cn2ncc(C3(N4C[C@@H](C(F)(F)F)NC4=O)CC3)nc2n1)C1CCC(F)(F)CC1. The second-order valence-corrected chi connectivity index (χ2v) is 10.6. The van der Waals surface area contributed by atoms with Crippen LogP contribution in [-0.4, -0.2) is 71.4 Å². The quantitative estimate of drug-likeness (QED) is 0.432. The van der Waals surface area contributed by atoms with Crippen LogP contribution in [0.3, 0.4) is 0 Å². The van der Waals surface area contributed by atoms with Crippen LogP contribution in [0.2, 0.25) is 0 Å². The second-order valence-electron chi connectivity index (χ2n) is 10.6. The van der Waals surface area contributed by atoms with Gasteiger partial charge in [-0.25, -0.2) is 32.7 Å². The molecule has 3 amide bonds. The van der Waals surface area contributed by atoms with Crippen LogP contribution in [0, 0.1) is 12.8 Å². The van der Waals surface area contributed by atoms with E-state index in [0.717, 1.165) is 4.90 Å². The molecule has 0 bridgehead atoms. The van der Waals surface area contributed by atoms with Gasteiger partial charge >= 0.3 is 12.2 Å². The van der Waals surface area contributed by atoms with Crippen molar-refractivity contribution in [1.82, 2.24) is 45.4 Å². The number of imidazole rings is 1. The number of carbonyl (C=O) groups is 2. The number of amides is 3. The number of urea groups is 1. The van der Waals surface area contributed by atoms with E-state index in [9.17, 15) is 31.5 Å². The molecule has 2 aliphatic carbocycles. The van der Waals surface area contributed by atoms with E-state index in [-0.39, 0.29) is 54.5 Å². The lowest BCUT2D eigenvalue weighted by Gasteiger charge is -2.33. The molecule has 214 valence electrons. The summed E-state index contributed by atoms with van der Waals surface area (Å²) in [6, 6.07) is -3.61. The number of aryl methyl sites for hydroxylation is 1. The summed E-state index contributed by atoms with van der Waals surface area (Å²) in [4.78, 5) is 35.5. The highest BCUT2D eigenvalue weighted by atomic mass is 19.4. The van der Waals surface area contributed by atoms with E-state index in [4.69, 9.17) is 0 Å². The number of alkyl halides is 5. The fourth-order valence-electron chi connectivity index (χ4n) is 5.52. The monoisotopic (exact) mass is 569 g/mol. The Bertz CT molecular complexity index is 1460. The van der Waals surface area contributed by atoms with E-state index in [1.54, 1.807) is 0 Å². The van der Waals surface area contributed by atoms with Crippen molar-refractivity contribution in [2.45, 2.75) is 75.2 Å². The van der Waals surface area contributed by atoms with Gasteiger partial charge in [-0.2, -0.15) is 18.3 Å². The fraction of sp³-hybridized carbons (Fsp3) is 0.609. The zero-order valence-corrected chi connectivity index (χ0v) is 21.1. The topological polar surface area (TPSA) is 143 Å². The molecule has 0 radical (unpaired) electrons. The Labute approximate surface area is 222 Å². The number of hydrogen-bond donors (Lipinski definition) is 2. The van der Waals surface area contributed by atoms with Crippen LogP contribution < -0.4 is 10.6 Å². The Balaban J connectivity index is 1.30. The normalized spacial score (nSPS) is 23.3. The second kappa shape index (κ2) is 9.05. The molecule has 2 N–H and O–H groups in total. The number of rotatable bonds is 6. The molecule has 1 saturated heterocycles. The van der Waals surface area contributed by atoms with Crippen molar-refractivity contribution in [3.05, 3.63) is 35.2 Å². The molecule has 0 aromatic carbocycles. The largest absolute Gasteiger partial charge is 0.410 e. The van der Waals surface area contributed by atoms with E-state index >= 15 is 0 Å². The molecular weight excluding hydrogens is 545 g/mol. The first-order valence-corrected chi connectivity index (χ1v) is 12.7. The summed E-state index contributed by atoms with van der Waals surface area (Å²) in [5, 5.41) is 16.3. The van der Waals surface area contributed by atoms with Crippen LogP contribution in [0.25, 0.3) is 5.78 Å². The van der Waals surface area contributed by atoms with Crippen LogP contribution >= 0.6 is 0 Å². The summed E-state index contributed by atoms with van der Waals surface area (Å²) >= 11 is 0. The predicted octanol–water partition coefficient (Wildman–Crippen LogP) is 3.06. The van der Waals surface area contributed by atoms with Gasteiger partial charge in [0, 0.05) is 12.8 Å². The third kappa shape index (κ3) is 4.60. The number of halogens is 5. The van der Waals surface area contributed by atoms with Gasteiger partial charge in [-0.1, -0.05) is 5.16 Å². The van der Waals surface area contributed by atoms with Crippen molar-refractivity contribution in [3.8, 4) is 0 Å². The third-order valence-electron chi connectivity index (χ3n) is 7.94. The molecule has 1 aliphatic heterocycles. The molecule has 6 rings (SSSR count). The number of aromatic nitrogens is 6. The van der Waals surface area contributed by atoms with Crippen LogP contribution in [0.1, 0.15) is 72.1 Å². The van der Waals surface area contributed by atoms with E-state index < -0.39 is 48.2 Å². The molecule has 3 aromatic heterocycles. The van der Waals surface area contributed by atoms with Crippen LogP contribution in [0.4, 0.5) is 26.7 Å². The smallest absolute Gasteiger partial charge is 0.342 e. The minimum atomic E-state index is -4.59. The maximum atomic E-state index is 13.9. The Morgan fingerprint density at radius 1 is 1.18 bits per heavy atom. The summed E-state index contributed by atoms with van der Waals surface area (Å²) in [5.41, 5.74) is -0.230. The first kappa shape index (κ1) is 26.3. The van der Waals surface area contributed by atoms with Gasteiger partial charge in [-0.05, 0) is 43.7 Å². The molecule has 3 fully saturated rings. The van der Waals surface area contributed by atoms with E-state index in [1.807, 2.05) is 5.32 Å². The lowest BCUT2D eigenvalue weighted by molar-refractivity contribution is -0.150. The van der Waals surface area contributed by atoms with Crippen molar-refractivity contribution in [3.63, 3.8) is 0 Å². The van der Waals surface area contributed by atoms with Gasteiger partial charge in [0.1, 0.15) is 11.7 Å². The Morgan fingerprint density at radius 2 is 1.90 bits per heavy atom. The van der Waals surface area contributed by atoms with E-state index in [1.165, 1.54) is 23.8 Å². The maximum absolute atomic E-state index is 13.9. The summed E-state index contributed by atoms with van der Waals surface area (Å²) in [5.74, 6) is -3.70. The first-order chi connectivity index (χ1) is 18.9. The molecule has 0 spiro atoms. The van der Waals surface area contributed by atoms with Crippen LogP contribution in [0.15, 0.2) is 17.0 Å². The minimum absolute atomic E-state index is 0.0508. The Kier molecular flexibility index (Phi) is 5.96. The maximum Gasteiger partial charge on any atom is 0.410 e. The van der Waals surface area contributed by atoms with Gasteiger partial charge in [-0.15, -0.1) is 0 Å². The molecule has 2 saturated carbocycles. The number of nitrogens with zero attached hydrogens (tertiary/aromatic N) is 7. The summed E-state index contributed by atoms with van der Waals surface area (Å²) in [7, 11) is 0. The lowest BCUT2D eigenvalue weighted by Crippen LogP contribution is -2.40. The van der Waals surface area contributed by atoms with E-state index in [2.05, 4.69) is 35.3 Å². The van der Waals surface area contributed by atoms with Crippen LogP contribution in [-0.2, 0) is 5.54 Å². The highest BCUT2D eigenvalue weighted by Crippen LogP contribution is 2.51. The zero-order chi connectivity index (χ0) is 28.4. The van der Waals surface area contributed by atoms with Crippen molar-refractivity contribution < 1.29 is 36.2 Å². The number of hydrogen-bond acceptors (Lipinski definition) is 8. The van der Waals surface area contributed by atoms with Gasteiger partial charge in [0.05, 0.1) is 41.9 Å². The zero-order valence-electron chi connectivity index (χ0n) is 21.1. The van der Waals surface area contributed by atoms with Crippen molar-refractivity contribution in [1.29, 1.82) is 0 Å². The molecule has 4 heterocycles. The fourth-order valence-corrected chi connectivity index (χ4v) is 5.52. The molecular formula is C23H24F5N9O3. The summed E-state index contributed by atoms with van der Waals surface area (Å²) < 4.78 is 73.5. The molecule has 0 unspecified atom stereocenters. The molecule has 3 aromatic rings. The predicted molar refractivity (Wildman–Crippen MR) is 123 cm³/mol. The highest BCUT2D eigenvalue weighted by molar-refractivity contribution is 5.93. The first-order valence-electron chi connectivity index (χ1n) is 12.7. The average Bonchev–Trinajstić information content (AvgIpc) is 3.19. The van der Waals surface area contributed by atoms with Crippen molar-refractivity contribution in [2.75, 3.05) is 6.54 Å². The van der Waals surface area contributed by atoms with Gasteiger partial charge < -0.3 is 15.5 Å². The number of carbonyl (C=O) groups excluding carboxylic acids is 2. The van der Waals surface area contributed by atoms with Crippen molar-refractivity contribution in [2.24, 2.45) is 5.92 Å². The van der Waals surface area contributed by atoms with Gasteiger partial charge in [0.25, 0.3) is 11.7 Å². The van der Waals surface area contributed by atoms with Gasteiger partial charge in [0.15, 0.2) is 5.69 Å². The molecule has 2 atom stereocenters. The molecule has 17 heteroatoms. The Morgan fingerprint density at radius 3 is 2.50 bits per heavy atom. The van der Waals surface area contributed by atoms with E-state index in [0.29, 0.717) is 18.5 Å².